The highest BCUT2D eigenvalue weighted by Gasteiger charge is 2.10. The Balaban J connectivity index is 2.29. The third-order valence-corrected chi connectivity index (χ3v) is 3.79. The van der Waals surface area contributed by atoms with Crippen LogP contribution in [-0.4, -0.2) is 20.2 Å². The maximum Gasteiger partial charge on any atom is 0.311 e. The molecule has 2 rings (SSSR count). The SMILES string of the molecule is COc1ccc(/C(C#N)=C\c2cccc(OC(=O)CC(C)C)c2)cc1OC. The Hall–Kier alpha value is -3.26. The average molecular weight is 365 g/mol. The van der Waals surface area contributed by atoms with Crippen molar-refractivity contribution in [3.63, 3.8) is 0 Å². The van der Waals surface area contributed by atoms with E-state index in [4.69, 9.17) is 14.2 Å². The molecule has 0 aliphatic rings. The Morgan fingerprint density at radius 1 is 1.11 bits per heavy atom. The molecule has 2 aromatic carbocycles. The maximum atomic E-state index is 11.8. The van der Waals surface area contributed by atoms with Crippen molar-refractivity contribution in [3.05, 3.63) is 53.6 Å². The van der Waals surface area contributed by atoms with Crippen LogP contribution in [0.25, 0.3) is 11.6 Å². The summed E-state index contributed by atoms with van der Waals surface area (Å²) in [5.41, 5.74) is 1.93. The van der Waals surface area contributed by atoms with Crippen LogP contribution >= 0.6 is 0 Å². The smallest absolute Gasteiger partial charge is 0.311 e. The number of hydrogen-bond acceptors (Lipinski definition) is 5. The molecule has 0 fully saturated rings. The van der Waals surface area contributed by atoms with Gasteiger partial charge >= 0.3 is 5.97 Å². The van der Waals surface area contributed by atoms with E-state index in [-0.39, 0.29) is 11.9 Å². The van der Waals surface area contributed by atoms with Gasteiger partial charge in [0.1, 0.15) is 5.75 Å². The molecular weight excluding hydrogens is 342 g/mol. The van der Waals surface area contributed by atoms with Gasteiger partial charge in [-0.2, -0.15) is 5.26 Å². The lowest BCUT2D eigenvalue weighted by Gasteiger charge is -2.09. The number of nitriles is 1. The Morgan fingerprint density at radius 3 is 2.48 bits per heavy atom. The number of benzene rings is 2. The third-order valence-electron chi connectivity index (χ3n) is 3.79. The highest BCUT2D eigenvalue weighted by atomic mass is 16.5. The molecule has 0 radical (unpaired) electrons. The van der Waals surface area contributed by atoms with Crippen LogP contribution in [0.1, 0.15) is 31.4 Å². The van der Waals surface area contributed by atoms with E-state index in [0.29, 0.717) is 34.8 Å². The number of methoxy groups -OCH3 is 2. The predicted octanol–water partition coefficient (Wildman–Crippen LogP) is 4.72. The highest BCUT2D eigenvalue weighted by molar-refractivity contribution is 5.90. The normalized spacial score (nSPS) is 11.0. The second-order valence-electron chi connectivity index (χ2n) is 6.38. The van der Waals surface area contributed by atoms with E-state index >= 15 is 0 Å². The van der Waals surface area contributed by atoms with Gasteiger partial charge in [-0.1, -0.05) is 26.0 Å². The van der Waals surface area contributed by atoms with Crippen LogP contribution < -0.4 is 14.2 Å². The fourth-order valence-corrected chi connectivity index (χ4v) is 2.52. The minimum Gasteiger partial charge on any atom is -0.493 e. The summed E-state index contributed by atoms with van der Waals surface area (Å²) in [5, 5.41) is 9.57. The van der Waals surface area contributed by atoms with Gasteiger partial charge in [0.2, 0.25) is 0 Å². The van der Waals surface area contributed by atoms with E-state index in [1.165, 1.54) is 0 Å². The summed E-state index contributed by atoms with van der Waals surface area (Å²) in [6, 6.07) is 14.6. The maximum absolute atomic E-state index is 11.8. The zero-order chi connectivity index (χ0) is 19.8. The van der Waals surface area contributed by atoms with Gasteiger partial charge in [-0.15, -0.1) is 0 Å². The molecule has 0 N–H and O–H groups in total. The van der Waals surface area contributed by atoms with E-state index in [1.807, 2.05) is 19.9 Å². The van der Waals surface area contributed by atoms with Gasteiger partial charge in [-0.3, -0.25) is 4.79 Å². The van der Waals surface area contributed by atoms with E-state index in [9.17, 15) is 10.1 Å². The van der Waals surface area contributed by atoms with Crippen molar-refractivity contribution in [1.82, 2.24) is 0 Å². The quantitative estimate of drug-likeness (QED) is 0.307. The second-order valence-corrected chi connectivity index (χ2v) is 6.38. The number of ether oxygens (including phenoxy) is 3. The molecule has 0 atom stereocenters. The van der Waals surface area contributed by atoms with Crippen LogP contribution in [0.4, 0.5) is 0 Å². The van der Waals surface area contributed by atoms with Crippen molar-refractivity contribution in [2.24, 2.45) is 5.92 Å². The molecule has 0 saturated carbocycles. The van der Waals surface area contributed by atoms with Gasteiger partial charge in [0, 0.05) is 6.42 Å². The van der Waals surface area contributed by atoms with Crippen molar-refractivity contribution >= 4 is 17.6 Å². The van der Waals surface area contributed by atoms with Crippen LogP contribution in [0.5, 0.6) is 17.2 Å². The number of nitrogens with zero attached hydrogens (tertiary/aromatic N) is 1. The summed E-state index contributed by atoms with van der Waals surface area (Å²) in [7, 11) is 3.11. The van der Waals surface area contributed by atoms with Gasteiger partial charge in [-0.25, -0.2) is 0 Å². The molecule has 140 valence electrons. The van der Waals surface area contributed by atoms with Gasteiger partial charge in [-0.05, 0) is 53.5 Å². The first-order chi connectivity index (χ1) is 13.0. The lowest BCUT2D eigenvalue weighted by Crippen LogP contribution is -2.10. The molecule has 27 heavy (non-hydrogen) atoms. The van der Waals surface area contributed by atoms with E-state index in [1.54, 1.807) is 56.7 Å². The van der Waals surface area contributed by atoms with Crippen LogP contribution in [0, 0.1) is 17.2 Å². The van der Waals surface area contributed by atoms with Gasteiger partial charge in [0.05, 0.1) is 25.9 Å². The molecule has 0 unspecified atom stereocenters. The van der Waals surface area contributed by atoms with Crippen LogP contribution in [0.3, 0.4) is 0 Å². The molecule has 0 heterocycles. The Bertz CT molecular complexity index is 878. The summed E-state index contributed by atoms with van der Waals surface area (Å²) in [6.07, 6.45) is 2.09. The largest absolute Gasteiger partial charge is 0.493 e. The molecular formula is C22H23NO4. The number of allylic oxidation sites excluding steroid dienone is 1. The number of carbonyl (C=O) groups is 1. The predicted molar refractivity (Wildman–Crippen MR) is 105 cm³/mol. The fraction of sp³-hybridized carbons (Fsp3) is 0.273. The summed E-state index contributed by atoms with van der Waals surface area (Å²) >= 11 is 0. The molecule has 2 aromatic rings. The van der Waals surface area contributed by atoms with Crippen molar-refractivity contribution in [2.45, 2.75) is 20.3 Å². The summed E-state index contributed by atoms with van der Waals surface area (Å²) in [5.74, 6) is 1.56. The molecule has 0 amide bonds. The summed E-state index contributed by atoms with van der Waals surface area (Å²) < 4.78 is 15.9. The number of esters is 1. The minimum atomic E-state index is -0.272. The van der Waals surface area contributed by atoms with E-state index < -0.39 is 0 Å². The number of carbonyl (C=O) groups excluding carboxylic acids is 1. The number of hydrogen-bond donors (Lipinski definition) is 0. The zero-order valence-electron chi connectivity index (χ0n) is 16.0. The fourth-order valence-electron chi connectivity index (χ4n) is 2.52. The van der Waals surface area contributed by atoms with Crippen LogP contribution in [0.15, 0.2) is 42.5 Å². The molecule has 0 aliphatic heterocycles. The van der Waals surface area contributed by atoms with E-state index in [0.717, 1.165) is 5.56 Å². The monoisotopic (exact) mass is 365 g/mol. The van der Waals surface area contributed by atoms with E-state index in [2.05, 4.69) is 6.07 Å². The third kappa shape index (κ3) is 5.61. The lowest BCUT2D eigenvalue weighted by molar-refractivity contribution is -0.135. The minimum absolute atomic E-state index is 0.232. The van der Waals surface area contributed by atoms with Crippen LogP contribution in [-0.2, 0) is 4.79 Å². The molecule has 0 aromatic heterocycles. The van der Waals surface area contributed by atoms with Crippen LogP contribution in [0.2, 0.25) is 0 Å². The first kappa shape index (κ1) is 20.1. The van der Waals surface area contributed by atoms with Crippen molar-refractivity contribution in [1.29, 1.82) is 5.26 Å². The van der Waals surface area contributed by atoms with Gasteiger partial charge < -0.3 is 14.2 Å². The Kier molecular flexibility index (Phi) is 7.01. The molecule has 0 saturated heterocycles. The van der Waals surface area contributed by atoms with Gasteiger partial charge in [0.15, 0.2) is 11.5 Å². The molecule has 0 spiro atoms. The van der Waals surface area contributed by atoms with Crippen molar-refractivity contribution in [3.8, 4) is 23.3 Å². The lowest BCUT2D eigenvalue weighted by atomic mass is 10.0. The van der Waals surface area contributed by atoms with Gasteiger partial charge in [0.25, 0.3) is 0 Å². The summed E-state index contributed by atoms with van der Waals surface area (Å²) in [4.78, 5) is 11.8. The van der Waals surface area contributed by atoms with Crippen molar-refractivity contribution < 1.29 is 19.0 Å². The van der Waals surface area contributed by atoms with Crippen molar-refractivity contribution in [2.75, 3.05) is 14.2 Å². The zero-order valence-corrected chi connectivity index (χ0v) is 16.0. The topological polar surface area (TPSA) is 68.5 Å². The number of rotatable bonds is 7. The Morgan fingerprint density at radius 2 is 1.85 bits per heavy atom. The average Bonchev–Trinajstić information content (AvgIpc) is 2.65. The second kappa shape index (κ2) is 9.44. The molecule has 5 heteroatoms. The standard InChI is InChI=1S/C22H23NO4/c1-15(2)10-22(24)27-19-7-5-6-16(12-19)11-18(14-23)17-8-9-20(25-3)21(13-17)26-4/h5-9,11-13,15H,10H2,1-4H3/b18-11-. The first-order valence-electron chi connectivity index (χ1n) is 8.61. The molecule has 5 nitrogen and oxygen atoms in total. The summed E-state index contributed by atoms with van der Waals surface area (Å²) in [6.45, 7) is 3.92. The molecule has 0 aliphatic carbocycles. The first-order valence-corrected chi connectivity index (χ1v) is 8.61. The molecule has 0 bridgehead atoms. The highest BCUT2D eigenvalue weighted by Crippen LogP contribution is 2.31. The Labute approximate surface area is 159 Å².